The van der Waals surface area contributed by atoms with Crippen LogP contribution in [0.3, 0.4) is 0 Å². The van der Waals surface area contributed by atoms with Crippen molar-refractivity contribution < 1.29 is 9.50 Å². The maximum atomic E-state index is 13.2. The van der Waals surface area contributed by atoms with Gasteiger partial charge in [-0.15, -0.1) is 0 Å². The number of aliphatic hydroxyl groups is 1. The van der Waals surface area contributed by atoms with Gasteiger partial charge in [0.1, 0.15) is 12.4 Å². The molecule has 21 heavy (non-hydrogen) atoms. The predicted octanol–water partition coefficient (Wildman–Crippen LogP) is 2.06. The zero-order valence-electron chi connectivity index (χ0n) is 12.2. The standard InChI is InChI=1S/C14H19FN4OS/c1-3-18(8-11-5-4-6-12(15)7-11)10-19-14(21)17(2)13(9-20)16-19/h4-7,20H,3,8-10H2,1-2H3. The molecule has 7 heteroatoms. The maximum absolute atomic E-state index is 13.2. The largest absolute Gasteiger partial charge is 0.388 e. The second-order valence-electron chi connectivity index (χ2n) is 4.83. The highest BCUT2D eigenvalue weighted by molar-refractivity contribution is 7.71. The van der Waals surface area contributed by atoms with E-state index < -0.39 is 0 Å². The van der Waals surface area contributed by atoms with Crippen LogP contribution in [0.25, 0.3) is 0 Å². The average molecular weight is 310 g/mol. The lowest BCUT2D eigenvalue weighted by Gasteiger charge is -2.20. The van der Waals surface area contributed by atoms with Crippen molar-refractivity contribution in [1.82, 2.24) is 19.2 Å². The van der Waals surface area contributed by atoms with Crippen LogP contribution in [0.2, 0.25) is 0 Å². The van der Waals surface area contributed by atoms with Crippen molar-refractivity contribution in [3.8, 4) is 0 Å². The topological polar surface area (TPSA) is 46.2 Å². The Morgan fingerprint density at radius 2 is 2.19 bits per heavy atom. The van der Waals surface area contributed by atoms with Crippen LogP contribution >= 0.6 is 12.2 Å². The van der Waals surface area contributed by atoms with Crippen LogP contribution in [-0.2, 0) is 26.9 Å². The molecular formula is C14H19FN4OS. The normalized spacial score (nSPS) is 11.3. The summed E-state index contributed by atoms with van der Waals surface area (Å²) in [5, 5.41) is 13.5. The highest BCUT2D eigenvalue weighted by atomic mass is 32.1. The minimum atomic E-state index is -0.236. The molecule has 0 amide bonds. The number of aliphatic hydroxyl groups excluding tert-OH is 1. The van der Waals surface area contributed by atoms with Crippen LogP contribution in [0.1, 0.15) is 18.3 Å². The fourth-order valence-corrected chi connectivity index (χ4v) is 2.31. The molecule has 1 aromatic heterocycles. The number of nitrogens with zero attached hydrogens (tertiary/aromatic N) is 4. The average Bonchev–Trinajstić information content (AvgIpc) is 2.74. The van der Waals surface area contributed by atoms with Gasteiger partial charge in [-0.25, -0.2) is 9.07 Å². The van der Waals surface area contributed by atoms with Gasteiger partial charge in [0.25, 0.3) is 0 Å². The summed E-state index contributed by atoms with van der Waals surface area (Å²) >= 11 is 5.30. The minimum absolute atomic E-state index is 0.150. The van der Waals surface area contributed by atoms with E-state index in [1.807, 2.05) is 13.0 Å². The number of benzene rings is 1. The highest BCUT2D eigenvalue weighted by Gasteiger charge is 2.10. The van der Waals surface area contributed by atoms with Crippen molar-refractivity contribution in [1.29, 1.82) is 0 Å². The van der Waals surface area contributed by atoms with Crippen LogP contribution in [0, 0.1) is 10.6 Å². The first kappa shape index (κ1) is 15.8. The summed E-state index contributed by atoms with van der Waals surface area (Å²) in [4.78, 5) is 2.10. The van der Waals surface area contributed by atoms with Gasteiger partial charge in [-0.05, 0) is 36.5 Å². The number of hydrogen-bond donors (Lipinski definition) is 1. The van der Waals surface area contributed by atoms with Gasteiger partial charge in [-0.1, -0.05) is 19.1 Å². The molecule has 1 N–H and O–H groups in total. The van der Waals surface area contributed by atoms with E-state index >= 15 is 0 Å². The fraction of sp³-hybridized carbons (Fsp3) is 0.429. The van der Waals surface area contributed by atoms with E-state index in [0.29, 0.717) is 23.8 Å². The van der Waals surface area contributed by atoms with Crippen molar-refractivity contribution in [2.75, 3.05) is 6.54 Å². The zero-order chi connectivity index (χ0) is 15.4. The van der Waals surface area contributed by atoms with E-state index in [9.17, 15) is 9.50 Å². The van der Waals surface area contributed by atoms with Crippen LogP contribution in [0.4, 0.5) is 4.39 Å². The summed E-state index contributed by atoms with van der Waals surface area (Å²) in [5.41, 5.74) is 0.904. The third-order valence-corrected chi connectivity index (χ3v) is 3.83. The quantitative estimate of drug-likeness (QED) is 0.830. The second kappa shape index (κ2) is 6.93. The molecule has 114 valence electrons. The molecule has 1 aromatic carbocycles. The lowest BCUT2D eigenvalue weighted by atomic mass is 10.2. The van der Waals surface area contributed by atoms with E-state index in [2.05, 4.69) is 10.00 Å². The smallest absolute Gasteiger partial charge is 0.198 e. The summed E-state index contributed by atoms with van der Waals surface area (Å²) in [7, 11) is 1.78. The molecule has 0 unspecified atom stereocenters. The lowest BCUT2D eigenvalue weighted by molar-refractivity contribution is 0.205. The minimum Gasteiger partial charge on any atom is -0.388 e. The third kappa shape index (κ3) is 3.75. The SMILES string of the molecule is CCN(Cc1cccc(F)c1)Cn1nc(CO)n(C)c1=S. The number of rotatable bonds is 6. The Morgan fingerprint density at radius 3 is 2.76 bits per heavy atom. The van der Waals surface area contributed by atoms with Gasteiger partial charge >= 0.3 is 0 Å². The van der Waals surface area contributed by atoms with E-state index in [4.69, 9.17) is 12.2 Å². The highest BCUT2D eigenvalue weighted by Crippen LogP contribution is 2.09. The fourth-order valence-electron chi connectivity index (χ4n) is 2.11. The van der Waals surface area contributed by atoms with Gasteiger partial charge in [0, 0.05) is 13.6 Å². The first-order valence-corrected chi connectivity index (χ1v) is 7.16. The molecule has 0 atom stereocenters. The van der Waals surface area contributed by atoms with E-state index in [-0.39, 0.29) is 12.4 Å². The molecule has 5 nitrogen and oxygen atoms in total. The zero-order valence-corrected chi connectivity index (χ0v) is 13.0. The number of hydrogen-bond acceptors (Lipinski definition) is 4. The van der Waals surface area contributed by atoms with Crippen LogP contribution in [-0.4, -0.2) is 30.9 Å². The molecule has 0 spiro atoms. The molecule has 1 heterocycles. The molecule has 0 saturated heterocycles. The van der Waals surface area contributed by atoms with Gasteiger partial charge in [-0.3, -0.25) is 4.90 Å². The van der Waals surface area contributed by atoms with Crippen LogP contribution in [0.15, 0.2) is 24.3 Å². The van der Waals surface area contributed by atoms with Gasteiger partial charge in [0.05, 0.1) is 6.67 Å². The monoisotopic (exact) mass is 310 g/mol. The Labute approximate surface area is 128 Å². The molecule has 0 fully saturated rings. The first-order chi connectivity index (χ1) is 10.0. The molecule has 0 bridgehead atoms. The Kier molecular flexibility index (Phi) is 5.22. The van der Waals surface area contributed by atoms with E-state index in [1.165, 1.54) is 12.1 Å². The lowest BCUT2D eigenvalue weighted by Crippen LogP contribution is -2.26. The summed E-state index contributed by atoms with van der Waals surface area (Å²) in [5.74, 6) is 0.294. The molecular weight excluding hydrogens is 291 g/mol. The Bertz CT molecular complexity index is 667. The number of halogens is 1. The van der Waals surface area contributed by atoms with Gasteiger partial charge < -0.3 is 9.67 Å². The van der Waals surface area contributed by atoms with Crippen molar-refractivity contribution in [3.63, 3.8) is 0 Å². The molecule has 0 aliphatic rings. The summed E-state index contributed by atoms with van der Waals surface area (Å²) in [6.07, 6.45) is 0. The van der Waals surface area contributed by atoms with Crippen molar-refractivity contribution >= 4 is 12.2 Å². The molecule has 2 rings (SSSR count). The van der Waals surface area contributed by atoms with Crippen molar-refractivity contribution in [2.45, 2.75) is 26.7 Å². The van der Waals surface area contributed by atoms with E-state index in [1.54, 1.807) is 22.4 Å². The van der Waals surface area contributed by atoms with E-state index in [0.717, 1.165) is 12.1 Å². The van der Waals surface area contributed by atoms with Gasteiger partial charge in [0.15, 0.2) is 10.6 Å². The maximum Gasteiger partial charge on any atom is 0.198 e. The molecule has 2 aromatic rings. The second-order valence-corrected chi connectivity index (χ2v) is 5.20. The number of aromatic nitrogens is 3. The third-order valence-electron chi connectivity index (χ3n) is 3.35. The predicted molar refractivity (Wildman–Crippen MR) is 80.4 cm³/mol. The van der Waals surface area contributed by atoms with Gasteiger partial charge in [0.2, 0.25) is 0 Å². The molecule has 0 aliphatic heterocycles. The summed E-state index contributed by atoms with van der Waals surface area (Å²) in [6.45, 7) is 3.77. The molecule has 0 saturated carbocycles. The van der Waals surface area contributed by atoms with Crippen molar-refractivity contribution in [3.05, 3.63) is 46.2 Å². The van der Waals surface area contributed by atoms with Crippen LogP contribution < -0.4 is 0 Å². The Balaban J connectivity index is 2.14. The van der Waals surface area contributed by atoms with Crippen LogP contribution in [0.5, 0.6) is 0 Å². The molecule has 0 aliphatic carbocycles. The van der Waals surface area contributed by atoms with Crippen molar-refractivity contribution in [2.24, 2.45) is 7.05 Å². The Hall–Kier alpha value is -1.57. The van der Waals surface area contributed by atoms with Gasteiger partial charge in [-0.2, -0.15) is 5.10 Å². The molecule has 0 radical (unpaired) electrons. The summed E-state index contributed by atoms with van der Waals surface area (Å²) < 4.78 is 17.1. The first-order valence-electron chi connectivity index (χ1n) is 6.75. The Morgan fingerprint density at radius 1 is 1.43 bits per heavy atom. The summed E-state index contributed by atoms with van der Waals surface area (Å²) in [6, 6.07) is 6.55.